The van der Waals surface area contributed by atoms with Crippen LogP contribution in [0.1, 0.15) is 19.3 Å². The maximum atomic E-state index is 4.56. The van der Waals surface area contributed by atoms with Crippen molar-refractivity contribution in [3.8, 4) is 0 Å². The second-order valence-electron chi connectivity index (χ2n) is 3.02. The molecule has 0 amide bonds. The van der Waals surface area contributed by atoms with Gasteiger partial charge in [-0.1, -0.05) is 12.2 Å². The molecule has 2 rings (SSSR count). The van der Waals surface area contributed by atoms with Crippen LogP contribution in [0.2, 0.25) is 0 Å². The highest BCUT2D eigenvalue weighted by Gasteiger charge is 2.28. The molecule has 1 fully saturated rings. The maximum Gasteiger partial charge on any atom is 0.0230 e. The van der Waals surface area contributed by atoms with Crippen molar-refractivity contribution in [3.63, 3.8) is 0 Å². The van der Waals surface area contributed by atoms with Gasteiger partial charge in [0.2, 0.25) is 0 Å². The Kier molecular flexibility index (Phi) is 2.01. The van der Waals surface area contributed by atoms with Crippen LogP contribution >= 0.6 is 24.4 Å². The van der Waals surface area contributed by atoms with E-state index in [1.165, 1.54) is 19.3 Å². The number of allylic oxidation sites excluding steroid dienone is 1. The van der Waals surface area contributed by atoms with Gasteiger partial charge in [0.05, 0.1) is 0 Å². The van der Waals surface area contributed by atoms with Gasteiger partial charge in [0, 0.05) is 15.7 Å². The molecule has 56 valence electrons. The van der Waals surface area contributed by atoms with E-state index in [1.807, 2.05) is 0 Å². The molecule has 2 aliphatic rings. The van der Waals surface area contributed by atoms with E-state index in [1.54, 1.807) is 0 Å². The van der Waals surface area contributed by atoms with Crippen molar-refractivity contribution in [2.75, 3.05) is 0 Å². The first kappa shape index (κ1) is 7.11. The highest BCUT2D eigenvalue weighted by Crippen LogP contribution is 2.39. The van der Waals surface area contributed by atoms with E-state index in [0.717, 1.165) is 10.5 Å². The minimum absolute atomic E-state index is 0.659. The quantitative estimate of drug-likeness (QED) is 0.433. The Bertz CT molecular complexity index is 153. The number of hydrogen-bond acceptors (Lipinski definition) is 2. The van der Waals surface area contributed by atoms with Crippen molar-refractivity contribution in [1.29, 1.82) is 0 Å². The zero-order valence-electron chi connectivity index (χ0n) is 5.86. The monoisotopic (exact) mass is 172 g/mol. The molecule has 3 atom stereocenters. The Morgan fingerprint density at radius 2 is 2.30 bits per heavy atom. The van der Waals surface area contributed by atoms with E-state index >= 15 is 0 Å². The van der Waals surface area contributed by atoms with Crippen LogP contribution in [0.3, 0.4) is 0 Å². The standard InChI is InChI=1S/C8H12S2/c9-7-5-4-6-2-1-3-8(7)10-6/h1-2,6-9H,3-5H2. The van der Waals surface area contributed by atoms with Crippen molar-refractivity contribution in [2.45, 2.75) is 35.0 Å². The van der Waals surface area contributed by atoms with Crippen LogP contribution in [-0.4, -0.2) is 15.7 Å². The lowest BCUT2D eigenvalue weighted by Gasteiger charge is -2.34. The van der Waals surface area contributed by atoms with Crippen molar-refractivity contribution >= 4 is 24.4 Å². The van der Waals surface area contributed by atoms with E-state index in [0.29, 0.717) is 5.25 Å². The Labute approximate surface area is 71.9 Å². The third-order valence-corrected chi connectivity index (χ3v) is 4.68. The van der Waals surface area contributed by atoms with Crippen molar-refractivity contribution < 1.29 is 0 Å². The number of thioether (sulfide) groups is 1. The zero-order valence-corrected chi connectivity index (χ0v) is 7.57. The predicted octanol–water partition coefficient (Wildman–Crippen LogP) is 2.51. The van der Waals surface area contributed by atoms with Crippen molar-refractivity contribution in [2.24, 2.45) is 0 Å². The average Bonchev–Trinajstić information content (AvgIpc) is 1.99. The second-order valence-corrected chi connectivity index (χ2v) is 5.17. The van der Waals surface area contributed by atoms with Gasteiger partial charge in [-0.25, -0.2) is 0 Å². The summed E-state index contributed by atoms with van der Waals surface area (Å²) in [5, 5.41) is 2.29. The highest BCUT2D eigenvalue weighted by molar-refractivity contribution is 8.01. The maximum absolute atomic E-state index is 4.56. The van der Waals surface area contributed by atoms with Gasteiger partial charge in [-0.15, -0.1) is 11.8 Å². The summed E-state index contributed by atoms with van der Waals surface area (Å²) in [5.41, 5.74) is 0. The van der Waals surface area contributed by atoms with E-state index in [9.17, 15) is 0 Å². The largest absolute Gasteiger partial charge is 0.175 e. The summed E-state index contributed by atoms with van der Waals surface area (Å²) in [6.45, 7) is 0. The molecule has 2 heterocycles. The molecule has 0 aromatic heterocycles. The molecule has 3 unspecified atom stereocenters. The number of rotatable bonds is 0. The van der Waals surface area contributed by atoms with E-state index in [2.05, 4.69) is 36.5 Å². The lowest BCUT2D eigenvalue weighted by atomic mass is 10.0. The predicted molar refractivity (Wildman–Crippen MR) is 50.9 cm³/mol. The lowest BCUT2D eigenvalue weighted by Crippen LogP contribution is -2.28. The van der Waals surface area contributed by atoms with Crippen LogP contribution in [0.4, 0.5) is 0 Å². The third kappa shape index (κ3) is 1.24. The normalized spacial score (nSPS) is 45.5. The fourth-order valence-electron chi connectivity index (χ4n) is 1.62. The van der Waals surface area contributed by atoms with Gasteiger partial charge >= 0.3 is 0 Å². The molecule has 2 heteroatoms. The topological polar surface area (TPSA) is 0 Å². The summed E-state index contributed by atoms with van der Waals surface area (Å²) in [5.74, 6) is 0. The molecule has 0 N–H and O–H groups in total. The number of fused-ring (bicyclic) bond motifs is 2. The lowest BCUT2D eigenvalue weighted by molar-refractivity contribution is 0.642. The van der Waals surface area contributed by atoms with Crippen LogP contribution in [0.5, 0.6) is 0 Å². The van der Waals surface area contributed by atoms with E-state index < -0.39 is 0 Å². The Morgan fingerprint density at radius 3 is 3.10 bits per heavy atom. The Morgan fingerprint density at radius 1 is 1.40 bits per heavy atom. The molecular weight excluding hydrogens is 160 g/mol. The summed E-state index contributed by atoms with van der Waals surface area (Å²) >= 11 is 6.67. The molecular formula is C8H12S2. The van der Waals surface area contributed by atoms with Gasteiger partial charge in [-0.2, -0.15) is 12.6 Å². The third-order valence-electron chi connectivity index (χ3n) is 2.24. The molecule has 0 spiro atoms. The first-order chi connectivity index (χ1) is 4.86. The van der Waals surface area contributed by atoms with Crippen LogP contribution in [0.15, 0.2) is 12.2 Å². The smallest absolute Gasteiger partial charge is 0.0230 e. The van der Waals surface area contributed by atoms with E-state index in [4.69, 9.17) is 0 Å². The SMILES string of the molecule is SC1CCC2C=CCC1S2. The van der Waals surface area contributed by atoms with Crippen LogP contribution in [0, 0.1) is 0 Å². The number of thiol groups is 1. The summed E-state index contributed by atoms with van der Waals surface area (Å²) in [7, 11) is 0. The molecule has 0 nitrogen and oxygen atoms in total. The molecule has 0 aromatic rings. The summed E-state index contributed by atoms with van der Waals surface area (Å²) in [6, 6.07) is 0. The molecule has 0 radical (unpaired) electrons. The van der Waals surface area contributed by atoms with Gasteiger partial charge in [0.1, 0.15) is 0 Å². The minimum atomic E-state index is 0.659. The fourth-order valence-corrected chi connectivity index (χ4v) is 3.57. The summed E-state index contributed by atoms with van der Waals surface area (Å²) in [6.07, 6.45) is 8.59. The van der Waals surface area contributed by atoms with E-state index in [-0.39, 0.29) is 0 Å². The highest BCUT2D eigenvalue weighted by atomic mass is 32.2. The van der Waals surface area contributed by atoms with Crippen LogP contribution in [0.25, 0.3) is 0 Å². The minimum Gasteiger partial charge on any atom is -0.175 e. The summed E-state index contributed by atoms with van der Waals surface area (Å²) < 4.78 is 0. The van der Waals surface area contributed by atoms with Crippen molar-refractivity contribution in [1.82, 2.24) is 0 Å². The van der Waals surface area contributed by atoms with Gasteiger partial charge in [-0.3, -0.25) is 0 Å². The molecule has 10 heavy (non-hydrogen) atoms. The molecule has 2 aliphatic heterocycles. The average molecular weight is 172 g/mol. The molecule has 1 saturated heterocycles. The van der Waals surface area contributed by atoms with Crippen molar-refractivity contribution in [3.05, 3.63) is 12.2 Å². The van der Waals surface area contributed by atoms with Gasteiger partial charge in [-0.05, 0) is 19.3 Å². The molecule has 0 saturated carbocycles. The zero-order chi connectivity index (χ0) is 6.97. The first-order valence-corrected chi connectivity index (χ1v) is 5.32. The Hall–Kier alpha value is 0.440. The molecule has 0 aromatic carbocycles. The van der Waals surface area contributed by atoms with Crippen LogP contribution in [-0.2, 0) is 0 Å². The van der Waals surface area contributed by atoms with Crippen LogP contribution < -0.4 is 0 Å². The Balaban J connectivity index is 2.11. The summed E-state index contributed by atoms with van der Waals surface area (Å²) in [4.78, 5) is 0. The fraction of sp³-hybridized carbons (Fsp3) is 0.750. The molecule has 0 aliphatic carbocycles. The first-order valence-electron chi connectivity index (χ1n) is 3.86. The number of hydrogen-bond donors (Lipinski definition) is 1. The van der Waals surface area contributed by atoms with Gasteiger partial charge in [0.25, 0.3) is 0 Å². The van der Waals surface area contributed by atoms with Gasteiger partial charge in [0.15, 0.2) is 0 Å². The molecule has 2 bridgehead atoms. The second kappa shape index (κ2) is 2.82. The van der Waals surface area contributed by atoms with Gasteiger partial charge < -0.3 is 0 Å².